The average Bonchev–Trinajstić information content (AvgIpc) is 3.05. The van der Waals surface area contributed by atoms with Gasteiger partial charge in [-0.15, -0.1) is 0 Å². The van der Waals surface area contributed by atoms with Gasteiger partial charge in [-0.3, -0.25) is 4.68 Å². The molecule has 3 aromatic rings. The van der Waals surface area contributed by atoms with Crippen molar-refractivity contribution in [2.24, 2.45) is 7.05 Å². The topological polar surface area (TPSA) is 105 Å². The number of halogens is 2. The predicted octanol–water partition coefficient (Wildman–Crippen LogP) is 2.99. The Kier molecular flexibility index (Phi) is 5.10. The Balaban J connectivity index is 1.52. The lowest BCUT2D eigenvalue weighted by atomic mass is 10.2. The van der Waals surface area contributed by atoms with Crippen molar-refractivity contribution in [3.05, 3.63) is 34.4 Å². The molecule has 1 aliphatic heterocycles. The summed E-state index contributed by atoms with van der Waals surface area (Å²) < 4.78 is 1.67. The summed E-state index contributed by atoms with van der Waals surface area (Å²) in [5, 5.41) is 8.86. The number of carbonyl (C=O) groups is 1. The van der Waals surface area contributed by atoms with Crippen LogP contribution in [-0.2, 0) is 7.05 Å². The van der Waals surface area contributed by atoms with Gasteiger partial charge >= 0.3 is 6.03 Å². The van der Waals surface area contributed by atoms with E-state index in [2.05, 4.69) is 25.3 Å². The maximum absolute atomic E-state index is 12.7. The number of urea groups is 1. The Morgan fingerprint density at radius 3 is 2.83 bits per heavy atom. The molecule has 1 atom stereocenters. The van der Waals surface area contributed by atoms with Gasteiger partial charge in [-0.1, -0.05) is 23.2 Å². The highest BCUT2D eigenvalue weighted by molar-refractivity contribution is 6.35. The molecule has 1 saturated heterocycles. The van der Waals surface area contributed by atoms with Crippen molar-refractivity contribution in [3.63, 3.8) is 0 Å². The molecule has 2 amide bonds. The highest BCUT2D eigenvalue weighted by Crippen LogP contribution is 2.29. The van der Waals surface area contributed by atoms with E-state index in [-0.39, 0.29) is 18.0 Å². The van der Waals surface area contributed by atoms with E-state index in [1.807, 2.05) is 14.0 Å². The standard InChI is InChI=1S/C18H20Cl2N8O/c1-10-9-27(18(29)23-14-7-11(19)3-4-13(14)20)5-6-28(10)16-12-8-22-26(2)15(12)24-17(21)25-16/h3-4,7-8,10H,5-6,9H2,1-2H3,(H,23,29)(H2,21,24,25)/t10-/m0/s1. The summed E-state index contributed by atoms with van der Waals surface area (Å²) >= 11 is 12.1. The first kappa shape index (κ1) is 19.5. The zero-order valence-corrected chi connectivity index (χ0v) is 17.4. The van der Waals surface area contributed by atoms with Crippen molar-refractivity contribution < 1.29 is 4.79 Å². The fourth-order valence-electron chi connectivity index (χ4n) is 3.49. The van der Waals surface area contributed by atoms with Gasteiger partial charge in [0, 0.05) is 37.7 Å². The van der Waals surface area contributed by atoms with Gasteiger partial charge < -0.3 is 20.9 Å². The molecule has 0 bridgehead atoms. The molecule has 29 heavy (non-hydrogen) atoms. The van der Waals surface area contributed by atoms with Gasteiger partial charge in [0.05, 0.1) is 22.3 Å². The largest absolute Gasteiger partial charge is 0.368 e. The zero-order valence-electron chi connectivity index (χ0n) is 15.9. The molecule has 3 heterocycles. The van der Waals surface area contributed by atoms with Crippen LogP contribution >= 0.6 is 23.2 Å². The second-order valence-corrected chi connectivity index (χ2v) is 7.80. The number of hydrogen-bond donors (Lipinski definition) is 2. The zero-order chi connectivity index (χ0) is 20.7. The highest BCUT2D eigenvalue weighted by atomic mass is 35.5. The average molecular weight is 435 g/mol. The molecule has 3 N–H and O–H groups in total. The molecule has 1 aromatic carbocycles. The maximum Gasteiger partial charge on any atom is 0.322 e. The van der Waals surface area contributed by atoms with Crippen LogP contribution in [0.25, 0.3) is 11.0 Å². The number of aromatic nitrogens is 4. The van der Waals surface area contributed by atoms with Crippen LogP contribution < -0.4 is 16.0 Å². The number of piperazine rings is 1. The molecule has 4 rings (SSSR count). The van der Waals surface area contributed by atoms with Crippen molar-refractivity contribution in [2.45, 2.75) is 13.0 Å². The van der Waals surface area contributed by atoms with E-state index in [1.165, 1.54) is 0 Å². The van der Waals surface area contributed by atoms with E-state index in [9.17, 15) is 4.79 Å². The van der Waals surface area contributed by atoms with Gasteiger partial charge in [0.15, 0.2) is 5.65 Å². The van der Waals surface area contributed by atoms with Crippen LogP contribution in [0, 0.1) is 0 Å². The van der Waals surface area contributed by atoms with Crippen LogP contribution in [0.4, 0.5) is 22.2 Å². The number of nitrogens with two attached hydrogens (primary N) is 1. The summed E-state index contributed by atoms with van der Waals surface area (Å²) in [6.45, 7) is 3.65. The summed E-state index contributed by atoms with van der Waals surface area (Å²) in [5.74, 6) is 0.921. The molecule has 2 aromatic heterocycles. The number of nitrogens with zero attached hydrogens (tertiary/aromatic N) is 6. The maximum atomic E-state index is 12.7. The van der Waals surface area contributed by atoms with Gasteiger partial charge in [0.25, 0.3) is 0 Å². The predicted molar refractivity (Wildman–Crippen MR) is 115 cm³/mol. The van der Waals surface area contributed by atoms with Crippen LogP contribution in [0.3, 0.4) is 0 Å². The van der Waals surface area contributed by atoms with Crippen LogP contribution in [0.2, 0.25) is 10.0 Å². The number of rotatable bonds is 2. The molecule has 0 aliphatic carbocycles. The third kappa shape index (κ3) is 3.75. The second-order valence-electron chi connectivity index (χ2n) is 6.95. The van der Waals surface area contributed by atoms with Crippen LogP contribution in [0.15, 0.2) is 24.4 Å². The number of nitrogen functional groups attached to an aromatic ring is 1. The van der Waals surface area contributed by atoms with Crippen LogP contribution in [0.1, 0.15) is 6.92 Å². The number of anilines is 3. The number of amides is 2. The van der Waals surface area contributed by atoms with Crippen molar-refractivity contribution >= 4 is 57.7 Å². The Labute approximate surface area is 177 Å². The number of fused-ring (bicyclic) bond motifs is 1. The fourth-order valence-corrected chi connectivity index (χ4v) is 3.82. The van der Waals surface area contributed by atoms with Crippen molar-refractivity contribution in [2.75, 3.05) is 35.6 Å². The first-order valence-corrected chi connectivity index (χ1v) is 9.82. The number of hydrogen-bond acceptors (Lipinski definition) is 6. The molecule has 9 nitrogen and oxygen atoms in total. The summed E-state index contributed by atoms with van der Waals surface area (Å²) in [4.78, 5) is 25.3. The summed E-state index contributed by atoms with van der Waals surface area (Å²) in [6.07, 6.45) is 1.73. The molecule has 0 unspecified atom stereocenters. The van der Waals surface area contributed by atoms with Gasteiger partial charge in [-0.25, -0.2) is 4.79 Å². The lowest BCUT2D eigenvalue weighted by Crippen LogP contribution is -2.55. The number of aryl methyl sites for hydroxylation is 1. The smallest absolute Gasteiger partial charge is 0.322 e. The minimum Gasteiger partial charge on any atom is -0.368 e. The molecule has 0 radical (unpaired) electrons. The van der Waals surface area contributed by atoms with E-state index in [4.69, 9.17) is 28.9 Å². The summed E-state index contributed by atoms with van der Waals surface area (Å²) in [5.41, 5.74) is 7.07. The van der Waals surface area contributed by atoms with Crippen molar-refractivity contribution in [1.82, 2.24) is 24.6 Å². The van der Waals surface area contributed by atoms with Gasteiger partial charge in [0.1, 0.15) is 5.82 Å². The monoisotopic (exact) mass is 434 g/mol. The first-order valence-electron chi connectivity index (χ1n) is 9.06. The molecular weight excluding hydrogens is 415 g/mol. The van der Waals surface area contributed by atoms with Gasteiger partial charge in [0.2, 0.25) is 5.95 Å². The Hall–Kier alpha value is -2.78. The van der Waals surface area contributed by atoms with Crippen molar-refractivity contribution in [3.8, 4) is 0 Å². The second kappa shape index (κ2) is 7.57. The van der Waals surface area contributed by atoms with Crippen LogP contribution in [0.5, 0.6) is 0 Å². The number of nitrogens with one attached hydrogen (secondary N) is 1. The fraction of sp³-hybridized carbons (Fsp3) is 0.333. The Morgan fingerprint density at radius 1 is 1.28 bits per heavy atom. The molecule has 1 fully saturated rings. The quantitative estimate of drug-likeness (QED) is 0.641. The summed E-state index contributed by atoms with van der Waals surface area (Å²) in [6, 6.07) is 4.74. The lowest BCUT2D eigenvalue weighted by molar-refractivity contribution is 0.200. The van der Waals surface area contributed by atoms with E-state index in [1.54, 1.807) is 34.0 Å². The highest BCUT2D eigenvalue weighted by Gasteiger charge is 2.29. The normalized spacial score (nSPS) is 17.0. The summed E-state index contributed by atoms with van der Waals surface area (Å²) in [7, 11) is 1.81. The Bertz CT molecular complexity index is 1090. The minimum atomic E-state index is -0.227. The number of benzene rings is 1. The third-order valence-corrected chi connectivity index (χ3v) is 5.51. The minimum absolute atomic E-state index is 0.0158. The van der Waals surface area contributed by atoms with E-state index in [0.717, 1.165) is 11.2 Å². The number of carbonyl (C=O) groups excluding carboxylic acids is 1. The lowest BCUT2D eigenvalue weighted by Gasteiger charge is -2.40. The molecule has 11 heteroatoms. The van der Waals surface area contributed by atoms with E-state index >= 15 is 0 Å². The molecule has 0 spiro atoms. The van der Waals surface area contributed by atoms with E-state index < -0.39 is 0 Å². The molecule has 0 saturated carbocycles. The third-order valence-electron chi connectivity index (χ3n) is 4.95. The van der Waals surface area contributed by atoms with E-state index in [0.29, 0.717) is 41.0 Å². The van der Waals surface area contributed by atoms with Gasteiger partial charge in [-0.2, -0.15) is 15.1 Å². The van der Waals surface area contributed by atoms with Crippen LogP contribution in [-0.4, -0.2) is 56.4 Å². The first-order chi connectivity index (χ1) is 13.8. The molecular formula is C18H20Cl2N8O. The Morgan fingerprint density at radius 2 is 2.07 bits per heavy atom. The molecule has 152 valence electrons. The van der Waals surface area contributed by atoms with Gasteiger partial charge in [-0.05, 0) is 25.1 Å². The van der Waals surface area contributed by atoms with Crippen molar-refractivity contribution in [1.29, 1.82) is 0 Å². The molecule has 1 aliphatic rings. The SMILES string of the molecule is C[C@H]1CN(C(=O)Nc2cc(Cl)ccc2Cl)CCN1c1nc(N)nc2c1cnn2C.